The van der Waals surface area contributed by atoms with Crippen LogP contribution in [-0.4, -0.2) is 30.0 Å². The van der Waals surface area contributed by atoms with Crippen molar-refractivity contribution in [1.29, 1.82) is 0 Å². The van der Waals surface area contributed by atoms with Crippen LogP contribution in [0.25, 0.3) is 0 Å². The van der Waals surface area contributed by atoms with E-state index in [1.54, 1.807) is 24.3 Å². The molecule has 0 saturated carbocycles. The Morgan fingerprint density at radius 2 is 1.73 bits per heavy atom. The summed E-state index contributed by atoms with van der Waals surface area (Å²) in [6.07, 6.45) is 0.00221. The minimum atomic E-state index is -0.747. The van der Waals surface area contributed by atoms with Crippen molar-refractivity contribution in [2.75, 3.05) is 13.2 Å². The summed E-state index contributed by atoms with van der Waals surface area (Å²) >= 11 is 0. The zero-order valence-electron chi connectivity index (χ0n) is 13.8. The van der Waals surface area contributed by atoms with Gasteiger partial charge in [-0.1, -0.05) is 36.4 Å². The number of ether oxygens (including phenoxy) is 1. The predicted octanol–water partition coefficient (Wildman–Crippen LogP) is 2.18. The third-order valence-electron chi connectivity index (χ3n) is 3.56. The van der Waals surface area contributed by atoms with Gasteiger partial charge in [-0.3, -0.25) is 19.7 Å². The average molecular weight is 360 g/mol. The molecule has 1 N–H and O–H groups in total. The summed E-state index contributed by atoms with van der Waals surface area (Å²) in [6.45, 7) is -0.307. The van der Waals surface area contributed by atoms with E-state index in [9.17, 15) is 24.1 Å². The number of para-hydroxylation sites is 1. The molecule has 0 heterocycles. The molecule has 8 heteroatoms. The van der Waals surface area contributed by atoms with Gasteiger partial charge in [0.25, 0.3) is 11.6 Å². The summed E-state index contributed by atoms with van der Waals surface area (Å²) in [5.74, 6) is -1.63. The van der Waals surface area contributed by atoms with E-state index in [1.165, 1.54) is 24.3 Å². The van der Waals surface area contributed by atoms with Gasteiger partial charge in [0, 0.05) is 18.2 Å². The summed E-state index contributed by atoms with van der Waals surface area (Å²) in [4.78, 5) is 33.7. The van der Waals surface area contributed by atoms with Gasteiger partial charge in [0.05, 0.1) is 11.3 Å². The smallest absolute Gasteiger partial charge is 0.311 e. The normalized spacial score (nSPS) is 10.2. The molecule has 136 valence electrons. The first-order valence-corrected chi connectivity index (χ1v) is 7.85. The molecule has 0 aliphatic carbocycles. The quantitative estimate of drug-likeness (QED) is 0.442. The Bertz CT molecular complexity index is 810. The Hall–Kier alpha value is -3.29. The van der Waals surface area contributed by atoms with Crippen molar-refractivity contribution in [3.8, 4) is 0 Å². The monoisotopic (exact) mass is 360 g/mol. The predicted molar refractivity (Wildman–Crippen MR) is 90.9 cm³/mol. The number of amides is 1. The number of nitrogens with zero attached hydrogens (tertiary/aromatic N) is 1. The lowest BCUT2D eigenvalue weighted by Crippen LogP contribution is -2.30. The van der Waals surface area contributed by atoms with Gasteiger partial charge < -0.3 is 10.1 Å². The maximum absolute atomic E-state index is 13.4. The Balaban J connectivity index is 1.74. The van der Waals surface area contributed by atoms with Crippen molar-refractivity contribution < 1.29 is 23.6 Å². The van der Waals surface area contributed by atoms with Crippen LogP contribution < -0.4 is 5.32 Å². The molecule has 2 rings (SSSR count). The van der Waals surface area contributed by atoms with Crippen LogP contribution in [0, 0.1) is 15.9 Å². The lowest BCUT2D eigenvalue weighted by atomic mass is 10.1. The summed E-state index contributed by atoms with van der Waals surface area (Å²) in [6, 6.07) is 12.0. The molecule has 0 unspecified atom stereocenters. The third kappa shape index (κ3) is 5.66. The van der Waals surface area contributed by atoms with Crippen molar-refractivity contribution in [1.82, 2.24) is 5.32 Å². The molecule has 26 heavy (non-hydrogen) atoms. The van der Waals surface area contributed by atoms with Crippen LogP contribution in [-0.2, 0) is 27.2 Å². The lowest BCUT2D eigenvalue weighted by molar-refractivity contribution is -0.385. The highest BCUT2D eigenvalue weighted by Gasteiger charge is 2.17. The number of nitro groups is 1. The van der Waals surface area contributed by atoms with Crippen LogP contribution in [0.15, 0.2) is 48.5 Å². The average Bonchev–Trinajstić information content (AvgIpc) is 2.62. The first-order chi connectivity index (χ1) is 12.5. The van der Waals surface area contributed by atoms with Crippen LogP contribution in [0.4, 0.5) is 10.1 Å². The van der Waals surface area contributed by atoms with Crippen molar-refractivity contribution in [2.45, 2.75) is 12.8 Å². The number of carbonyl (C=O) groups is 2. The van der Waals surface area contributed by atoms with Crippen LogP contribution in [0.5, 0.6) is 0 Å². The van der Waals surface area contributed by atoms with Gasteiger partial charge >= 0.3 is 5.97 Å². The van der Waals surface area contributed by atoms with Gasteiger partial charge in [-0.05, 0) is 18.1 Å². The number of halogens is 1. The summed E-state index contributed by atoms with van der Waals surface area (Å²) < 4.78 is 18.3. The number of hydrogen-bond donors (Lipinski definition) is 1. The van der Waals surface area contributed by atoms with Gasteiger partial charge in [-0.25, -0.2) is 4.39 Å². The SMILES string of the molecule is O=C(COC(=O)Cc1ccccc1[N+](=O)[O-])NCCc1ccccc1F. The van der Waals surface area contributed by atoms with Gasteiger partial charge in [0.15, 0.2) is 6.61 Å². The van der Waals surface area contributed by atoms with Crippen molar-refractivity contribution in [2.24, 2.45) is 0 Å². The fourth-order valence-electron chi connectivity index (χ4n) is 2.28. The third-order valence-corrected chi connectivity index (χ3v) is 3.56. The minimum Gasteiger partial charge on any atom is -0.455 e. The Labute approximate surface area is 148 Å². The largest absolute Gasteiger partial charge is 0.455 e. The maximum atomic E-state index is 13.4. The summed E-state index contributed by atoms with van der Waals surface area (Å²) in [5, 5.41) is 13.4. The van der Waals surface area contributed by atoms with E-state index in [-0.39, 0.29) is 30.0 Å². The molecule has 0 fully saturated rings. The van der Waals surface area contributed by atoms with Crippen molar-refractivity contribution in [3.05, 3.63) is 75.6 Å². The minimum absolute atomic E-state index is 0.182. The van der Waals surface area contributed by atoms with Crippen LogP contribution in [0.3, 0.4) is 0 Å². The lowest BCUT2D eigenvalue weighted by Gasteiger charge is -2.07. The molecule has 1 amide bonds. The van der Waals surface area contributed by atoms with Gasteiger partial charge in [-0.2, -0.15) is 0 Å². The highest BCUT2D eigenvalue weighted by molar-refractivity contribution is 5.81. The molecule has 0 aliphatic heterocycles. The molecule has 0 aromatic heterocycles. The van der Waals surface area contributed by atoms with E-state index >= 15 is 0 Å². The molecule has 0 bridgehead atoms. The van der Waals surface area contributed by atoms with E-state index in [0.29, 0.717) is 12.0 Å². The topological polar surface area (TPSA) is 98.5 Å². The molecule has 0 aliphatic rings. The highest BCUT2D eigenvalue weighted by atomic mass is 19.1. The molecule has 0 saturated heterocycles. The van der Waals surface area contributed by atoms with Crippen molar-refractivity contribution in [3.63, 3.8) is 0 Å². The van der Waals surface area contributed by atoms with E-state index in [2.05, 4.69) is 5.32 Å². The van der Waals surface area contributed by atoms with E-state index in [4.69, 9.17) is 4.74 Å². The Morgan fingerprint density at radius 1 is 1.08 bits per heavy atom. The zero-order valence-corrected chi connectivity index (χ0v) is 13.8. The molecule has 0 atom stereocenters. The molecule has 2 aromatic rings. The number of rotatable bonds is 8. The molecule has 0 spiro atoms. The molecular formula is C18H17FN2O5. The van der Waals surface area contributed by atoms with Crippen LogP contribution >= 0.6 is 0 Å². The number of esters is 1. The summed E-state index contributed by atoms with van der Waals surface area (Å²) in [7, 11) is 0. The fourth-order valence-corrected chi connectivity index (χ4v) is 2.28. The number of hydrogen-bond acceptors (Lipinski definition) is 5. The second-order valence-corrected chi connectivity index (χ2v) is 5.41. The van der Waals surface area contributed by atoms with E-state index in [1.807, 2.05) is 0 Å². The Morgan fingerprint density at radius 3 is 2.42 bits per heavy atom. The van der Waals surface area contributed by atoms with E-state index in [0.717, 1.165) is 0 Å². The number of carbonyl (C=O) groups excluding carboxylic acids is 2. The second-order valence-electron chi connectivity index (χ2n) is 5.41. The van der Waals surface area contributed by atoms with Crippen LogP contribution in [0.2, 0.25) is 0 Å². The Kier molecular flexibility index (Phi) is 6.78. The molecule has 2 aromatic carbocycles. The fraction of sp³-hybridized carbons (Fsp3) is 0.222. The standard InChI is InChI=1S/C18H17FN2O5/c19-15-7-3-1-5-13(15)9-10-20-17(22)12-26-18(23)11-14-6-2-4-8-16(14)21(24)25/h1-8H,9-12H2,(H,20,22). The zero-order chi connectivity index (χ0) is 18.9. The van der Waals surface area contributed by atoms with Gasteiger partial charge in [-0.15, -0.1) is 0 Å². The maximum Gasteiger partial charge on any atom is 0.311 e. The number of benzene rings is 2. The number of nitrogens with one attached hydrogen (secondary N) is 1. The molecule has 7 nitrogen and oxygen atoms in total. The first-order valence-electron chi connectivity index (χ1n) is 7.85. The second kappa shape index (κ2) is 9.26. The first kappa shape index (κ1) is 19.0. The van der Waals surface area contributed by atoms with Gasteiger partial charge in [0.2, 0.25) is 0 Å². The summed E-state index contributed by atoms with van der Waals surface area (Å²) in [5.41, 5.74) is 0.502. The van der Waals surface area contributed by atoms with Crippen molar-refractivity contribution >= 4 is 17.6 Å². The van der Waals surface area contributed by atoms with Gasteiger partial charge in [0.1, 0.15) is 5.82 Å². The molecule has 0 radical (unpaired) electrons. The van der Waals surface area contributed by atoms with E-state index < -0.39 is 23.4 Å². The number of nitro benzene ring substituents is 1. The highest BCUT2D eigenvalue weighted by Crippen LogP contribution is 2.18. The molecular weight excluding hydrogens is 343 g/mol. The van der Waals surface area contributed by atoms with Crippen LogP contribution in [0.1, 0.15) is 11.1 Å².